The summed E-state index contributed by atoms with van der Waals surface area (Å²) in [6.45, 7) is 3.06. The Bertz CT molecular complexity index is 479. The van der Waals surface area contributed by atoms with Crippen LogP contribution in [0.5, 0.6) is 5.75 Å². The SMILES string of the molecule is CCCCNc1ccc2ccccc2c1O. The minimum Gasteiger partial charge on any atom is -0.505 e. The number of hydrogen-bond donors (Lipinski definition) is 2. The molecule has 16 heavy (non-hydrogen) atoms. The fourth-order valence-corrected chi connectivity index (χ4v) is 1.80. The van der Waals surface area contributed by atoms with Crippen LogP contribution in [-0.2, 0) is 0 Å². The van der Waals surface area contributed by atoms with Crippen molar-refractivity contribution >= 4 is 16.5 Å². The van der Waals surface area contributed by atoms with Gasteiger partial charge in [0, 0.05) is 11.9 Å². The summed E-state index contributed by atoms with van der Waals surface area (Å²) in [6, 6.07) is 11.8. The van der Waals surface area contributed by atoms with Gasteiger partial charge in [0.25, 0.3) is 0 Å². The van der Waals surface area contributed by atoms with Crippen molar-refractivity contribution in [3.63, 3.8) is 0 Å². The van der Waals surface area contributed by atoms with Crippen LogP contribution in [0.25, 0.3) is 10.8 Å². The van der Waals surface area contributed by atoms with Crippen LogP contribution < -0.4 is 5.32 Å². The molecule has 0 aromatic heterocycles. The van der Waals surface area contributed by atoms with Crippen molar-refractivity contribution in [1.82, 2.24) is 0 Å². The van der Waals surface area contributed by atoms with Crippen LogP contribution in [0.1, 0.15) is 19.8 Å². The molecule has 84 valence electrons. The number of unbranched alkanes of at least 4 members (excludes halogenated alkanes) is 1. The van der Waals surface area contributed by atoms with E-state index in [4.69, 9.17) is 0 Å². The van der Waals surface area contributed by atoms with Crippen molar-refractivity contribution in [2.75, 3.05) is 11.9 Å². The van der Waals surface area contributed by atoms with Crippen molar-refractivity contribution in [3.8, 4) is 5.75 Å². The first kappa shape index (κ1) is 10.8. The van der Waals surface area contributed by atoms with Gasteiger partial charge in [-0.2, -0.15) is 0 Å². The Labute approximate surface area is 95.9 Å². The molecule has 2 aromatic rings. The highest BCUT2D eigenvalue weighted by Gasteiger charge is 2.04. The van der Waals surface area contributed by atoms with Gasteiger partial charge in [0.2, 0.25) is 0 Å². The van der Waals surface area contributed by atoms with Crippen LogP contribution in [0.15, 0.2) is 36.4 Å². The molecule has 0 radical (unpaired) electrons. The maximum atomic E-state index is 10.1. The van der Waals surface area contributed by atoms with Crippen LogP contribution in [0.4, 0.5) is 5.69 Å². The second-order valence-electron chi connectivity index (χ2n) is 3.96. The lowest BCUT2D eigenvalue weighted by molar-refractivity contribution is 0.483. The molecular weight excluding hydrogens is 198 g/mol. The molecule has 0 amide bonds. The first-order valence-electron chi connectivity index (χ1n) is 5.77. The largest absolute Gasteiger partial charge is 0.505 e. The zero-order valence-electron chi connectivity index (χ0n) is 9.53. The van der Waals surface area contributed by atoms with Gasteiger partial charge in [-0.25, -0.2) is 0 Å². The molecule has 0 spiro atoms. The summed E-state index contributed by atoms with van der Waals surface area (Å²) in [7, 11) is 0. The topological polar surface area (TPSA) is 32.3 Å². The molecule has 2 N–H and O–H groups in total. The van der Waals surface area contributed by atoms with Crippen LogP contribution in [0.2, 0.25) is 0 Å². The average Bonchev–Trinajstić information content (AvgIpc) is 2.33. The summed E-state index contributed by atoms with van der Waals surface area (Å²) in [4.78, 5) is 0. The van der Waals surface area contributed by atoms with Gasteiger partial charge in [-0.3, -0.25) is 0 Å². The highest BCUT2D eigenvalue weighted by atomic mass is 16.3. The third kappa shape index (κ3) is 2.11. The Balaban J connectivity index is 2.29. The van der Waals surface area contributed by atoms with E-state index in [9.17, 15) is 5.11 Å². The van der Waals surface area contributed by atoms with Crippen LogP contribution in [-0.4, -0.2) is 11.7 Å². The maximum Gasteiger partial charge on any atom is 0.146 e. The van der Waals surface area contributed by atoms with E-state index in [1.807, 2.05) is 36.4 Å². The number of benzene rings is 2. The summed E-state index contributed by atoms with van der Waals surface area (Å²) >= 11 is 0. The van der Waals surface area contributed by atoms with Crippen molar-refractivity contribution in [1.29, 1.82) is 0 Å². The molecular formula is C14H17NO. The Morgan fingerprint density at radius 2 is 1.94 bits per heavy atom. The Kier molecular flexibility index (Phi) is 3.30. The molecule has 0 bridgehead atoms. The highest BCUT2D eigenvalue weighted by Crippen LogP contribution is 2.32. The Morgan fingerprint density at radius 3 is 2.75 bits per heavy atom. The molecule has 0 aliphatic carbocycles. The van der Waals surface area contributed by atoms with Crippen molar-refractivity contribution in [3.05, 3.63) is 36.4 Å². The van der Waals surface area contributed by atoms with E-state index in [0.717, 1.165) is 35.8 Å². The van der Waals surface area contributed by atoms with Gasteiger partial charge in [-0.1, -0.05) is 43.7 Å². The summed E-state index contributed by atoms with van der Waals surface area (Å²) in [5, 5.41) is 15.3. The van der Waals surface area contributed by atoms with E-state index in [1.165, 1.54) is 0 Å². The predicted octanol–water partition coefficient (Wildman–Crippen LogP) is 3.76. The molecule has 2 rings (SSSR count). The quantitative estimate of drug-likeness (QED) is 0.601. The van der Waals surface area contributed by atoms with Crippen LogP contribution >= 0.6 is 0 Å². The van der Waals surface area contributed by atoms with E-state index < -0.39 is 0 Å². The van der Waals surface area contributed by atoms with Gasteiger partial charge < -0.3 is 10.4 Å². The standard InChI is InChI=1S/C14H17NO/c1-2-3-10-15-13-9-8-11-6-4-5-7-12(11)14(13)16/h4-9,15-16H,2-3,10H2,1H3. The number of hydrogen-bond acceptors (Lipinski definition) is 2. The Hall–Kier alpha value is -1.70. The molecule has 0 heterocycles. The third-order valence-corrected chi connectivity index (χ3v) is 2.75. The monoisotopic (exact) mass is 215 g/mol. The molecule has 0 atom stereocenters. The van der Waals surface area contributed by atoms with E-state index in [1.54, 1.807) is 0 Å². The minimum atomic E-state index is 0.356. The van der Waals surface area contributed by atoms with Gasteiger partial charge in [0.1, 0.15) is 5.75 Å². The van der Waals surface area contributed by atoms with E-state index in [-0.39, 0.29) is 0 Å². The van der Waals surface area contributed by atoms with Gasteiger partial charge in [-0.15, -0.1) is 0 Å². The molecule has 2 heteroatoms. The number of anilines is 1. The number of phenolic OH excluding ortho intramolecular Hbond substituents is 1. The molecule has 0 saturated carbocycles. The number of rotatable bonds is 4. The second kappa shape index (κ2) is 4.88. The van der Waals surface area contributed by atoms with E-state index in [0.29, 0.717) is 5.75 Å². The number of aromatic hydroxyl groups is 1. The number of phenols is 1. The predicted molar refractivity (Wildman–Crippen MR) is 69.0 cm³/mol. The molecule has 0 unspecified atom stereocenters. The molecule has 0 fully saturated rings. The summed E-state index contributed by atoms with van der Waals surface area (Å²) in [5.74, 6) is 0.356. The van der Waals surface area contributed by atoms with E-state index in [2.05, 4.69) is 12.2 Å². The average molecular weight is 215 g/mol. The smallest absolute Gasteiger partial charge is 0.146 e. The molecule has 2 nitrogen and oxygen atoms in total. The van der Waals surface area contributed by atoms with Crippen LogP contribution in [0, 0.1) is 0 Å². The first-order valence-corrected chi connectivity index (χ1v) is 5.77. The molecule has 2 aromatic carbocycles. The zero-order valence-corrected chi connectivity index (χ0v) is 9.53. The number of fused-ring (bicyclic) bond motifs is 1. The zero-order chi connectivity index (χ0) is 11.4. The number of nitrogens with one attached hydrogen (secondary N) is 1. The summed E-state index contributed by atoms with van der Waals surface area (Å²) in [6.07, 6.45) is 2.27. The van der Waals surface area contributed by atoms with Gasteiger partial charge >= 0.3 is 0 Å². The third-order valence-electron chi connectivity index (χ3n) is 2.75. The summed E-state index contributed by atoms with van der Waals surface area (Å²) < 4.78 is 0. The maximum absolute atomic E-state index is 10.1. The van der Waals surface area contributed by atoms with Crippen molar-refractivity contribution in [2.45, 2.75) is 19.8 Å². The molecule has 0 saturated heterocycles. The molecule has 0 aliphatic rings. The lowest BCUT2D eigenvalue weighted by Crippen LogP contribution is -2.00. The first-order chi connectivity index (χ1) is 7.83. The second-order valence-corrected chi connectivity index (χ2v) is 3.96. The fourth-order valence-electron chi connectivity index (χ4n) is 1.80. The lowest BCUT2D eigenvalue weighted by atomic mass is 10.1. The van der Waals surface area contributed by atoms with E-state index >= 15 is 0 Å². The van der Waals surface area contributed by atoms with Gasteiger partial charge in [0.05, 0.1) is 5.69 Å². The van der Waals surface area contributed by atoms with Crippen molar-refractivity contribution in [2.24, 2.45) is 0 Å². The van der Waals surface area contributed by atoms with Crippen molar-refractivity contribution < 1.29 is 5.11 Å². The van der Waals surface area contributed by atoms with Gasteiger partial charge in [-0.05, 0) is 17.9 Å². The highest BCUT2D eigenvalue weighted by molar-refractivity contribution is 5.92. The normalized spacial score (nSPS) is 10.6. The lowest BCUT2D eigenvalue weighted by Gasteiger charge is -2.10. The molecule has 0 aliphatic heterocycles. The van der Waals surface area contributed by atoms with Crippen LogP contribution in [0.3, 0.4) is 0 Å². The fraction of sp³-hybridized carbons (Fsp3) is 0.286. The van der Waals surface area contributed by atoms with Gasteiger partial charge in [0.15, 0.2) is 0 Å². The minimum absolute atomic E-state index is 0.356. The Morgan fingerprint density at radius 1 is 1.12 bits per heavy atom. The summed E-state index contributed by atoms with van der Waals surface area (Å²) in [5.41, 5.74) is 0.826.